The molecule has 0 atom stereocenters. The monoisotopic (exact) mass is 277 g/mol. The highest BCUT2D eigenvalue weighted by Gasteiger charge is 2.16. The molecule has 0 saturated carbocycles. The van der Waals surface area contributed by atoms with Crippen molar-refractivity contribution in [3.63, 3.8) is 0 Å². The van der Waals surface area contributed by atoms with Crippen LogP contribution in [0.3, 0.4) is 0 Å². The Hall–Kier alpha value is -1.13. The van der Waals surface area contributed by atoms with Crippen molar-refractivity contribution < 1.29 is 0 Å². The number of nitrogens with one attached hydrogen (secondary N) is 1. The Morgan fingerprint density at radius 3 is 3.06 bits per heavy atom. The van der Waals surface area contributed by atoms with Gasteiger partial charge in [-0.05, 0) is 46.6 Å². The van der Waals surface area contributed by atoms with E-state index in [9.17, 15) is 0 Å². The van der Waals surface area contributed by atoms with Crippen molar-refractivity contribution in [1.82, 2.24) is 15.1 Å². The fraction of sp³-hybridized carbons (Fsp3) is 0.250. The molecule has 3 rings (SSSR count). The van der Waals surface area contributed by atoms with Gasteiger partial charge in [0.25, 0.3) is 0 Å². The number of aromatic nitrogens is 2. The lowest BCUT2D eigenvalue weighted by Crippen LogP contribution is -2.24. The van der Waals surface area contributed by atoms with Crippen molar-refractivity contribution >= 4 is 15.9 Å². The van der Waals surface area contributed by atoms with Gasteiger partial charge in [-0.15, -0.1) is 0 Å². The molecule has 0 unspecified atom stereocenters. The minimum absolute atomic E-state index is 0.899. The van der Waals surface area contributed by atoms with E-state index in [0.29, 0.717) is 0 Å². The van der Waals surface area contributed by atoms with Gasteiger partial charge < -0.3 is 5.32 Å². The maximum atomic E-state index is 4.48. The normalized spacial score (nSPS) is 14.8. The quantitative estimate of drug-likeness (QED) is 0.867. The number of benzene rings is 1. The van der Waals surface area contributed by atoms with Gasteiger partial charge in [-0.2, -0.15) is 5.10 Å². The molecule has 0 fully saturated rings. The fourth-order valence-electron chi connectivity index (χ4n) is 2.07. The molecule has 0 saturated heterocycles. The third-order valence-corrected chi connectivity index (χ3v) is 3.57. The summed E-state index contributed by atoms with van der Waals surface area (Å²) in [6, 6.07) is 8.16. The summed E-state index contributed by atoms with van der Waals surface area (Å²) in [6.45, 7) is 1.95. The lowest BCUT2D eigenvalue weighted by molar-refractivity contribution is 0.614. The first-order chi connectivity index (χ1) is 7.86. The summed E-state index contributed by atoms with van der Waals surface area (Å²) in [5.41, 5.74) is 3.74. The largest absolute Gasteiger partial charge is 0.311 e. The van der Waals surface area contributed by atoms with Gasteiger partial charge >= 0.3 is 0 Å². The van der Waals surface area contributed by atoms with Crippen LogP contribution in [-0.4, -0.2) is 16.3 Å². The van der Waals surface area contributed by atoms with Gasteiger partial charge in [0.1, 0.15) is 0 Å². The van der Waals surface area contributed by atoms with Gasteiger partial charge in [0, 0.05) is 11.0 Å². The molecule has 1 aliphatic rings. The molecule has 4 heteroatoms. The van der Waals surface area contributed by atoms with Crippen molar-refractivity contribution in [2.24, 2.45) is 0 Å². The van der Waals surface area contributed by atoms with Gasteiger partial charge in [0.2, 0.25) is 0 Å². The van der Waals surface area contributed by atoms with E-state index in [1.165, 1.54) is 11.3 Å². The molecule has 1 N–H and O–H groups in total. The number of rotatable bonds is 1. The number of fused-ring (bicyclic) bond motifs is 1. The van der Waals surface area contributed by atoms with E-state index < -0.39 is 0 Å². The zero-order valence-corrected chi connectivity index (χ0v) is 10.4. The van der Waals surface area contributed by atoms with E-state index in [1.807, 2.05) is 29.1 Å². The van der Waals surface area contributed by atoms with Crippen LogP contribution in [0.1, 0.15) is 11.3 Å². The second-order valence-corrected chi connectivity index (χ2v) is 4.76. The highest BCUT2D eigenvalue weighted by Crippen LogP contribution is 2.23. The molecular formula is C12H12BrN3. The van der Waals surface area contributed by atoms with Gasteiger partial charge in [0.15, 0.2) is 0 Å². The Morgan fingerprint density at radius 2 is 2.19 bits per heavy atom. The molecule has 0 spiro atoms. The summed E-state index contributed by atoms with van der Waals surface area (Å²) in [5.74, 6) is 0. The Balaban J connectivity index is 2.13. The summed E-state index contributed by atoms with van der Waals surface area (Å²) in [5, 5.41) is 7.86. The molecule has 2 heterocycles. The number of hydrogen-bond donors (Lipinski definition) is 1. The molecule has 1 aliphatic heterocycles. The van der Waals surface area contributed by atoms with Crippen molar-refractivity contribution in [2.75, 3.05) is 6.54 Å². The summed E-state index contributed by atoms with van der Waals surface area (Å²) in [4.78, 5) is 0. The number of para-hydroxylation sites is 1. The summed E-state index contributed by atoms with van der Waals surface area (Å²) < 4.78 is 3.09. The zero-order valence-electron chi connectivity index (χ0n) is 8.78. The van der Waals surface area contributed by atoms with Crippen molar-refractivity contribution in [2.45, 2.75) is 13.0 Å². The Morgan fingerprint density at radius 1 is 1.31 bits per heavy atom. The van der Waals surface area contributed by atoms with Crippen LogP contribution in [0.5, 0.6) is 0 Å². The highest BCUT2D eigenvalue weighted by atomic mass is 79.9. The first kappa shape index (κ1) is 10.1. The van der Waals surface area contributed by atoms with Crippen LogP contribution >= 0.6 is 15.9 Å². The molecule has 1 aromatic carbocycles. The van der Waals surface area contributed by atoms with Crippen LogP contribution < -0.4 is 5.32 Å². The number of hydrogen-bond acceptors (Lipinski definition) is 2. The molecule has 0 amide bonds. The van der Waals surface area contributed by atoms with E-state index in [4.69, 9.17) is 0 Å². The summed E-state index contributed by atoms with van der Waals surface area (Å²) in [6.07, 6.45) is 3.05. The molecule has 0 aliphatic carbocycles. The molecule has 2 aromatic rings. The third-order valence-electron chi connectivity index (χ3n) is 2.90. The van der Waals surface area contributed by atoms with Crippen molar-refractivity contribution in [3.8, 4) is 5.69 Å². The van der Waals surface area contributed by atoms with Crippen LogP contribution in [0.25, 0.3) is 5.69 Å². The van der Waals surface area contributed by atoms with Gasteiger partial charge in [-0.3, -0.25) is 0 Å². The van der Waals surface area contributed by atoms with Crippen LogP contribution in [0.4, 0.5) is 0 Å². The molecular weight excluding hydrogens is 266 g/mol. The number of nitrogens with zero attached hydrogens (tertiary/aromatic N) is 2. The Bertz CT molecular complexity index is 519. The summed E-state index contributed by atoms with van der Waals surface area (Å²) in [7, 11) is 0. The minimum Gasteiger partial charge on any atom is -0.311 e. The fourth-order valence-corrected chi connectivity index (χ4v) is 2.52. The Kier molecular flexibility index (Phi) is 2.53. The van der Waals surface area contributed by atoms with Crippen LogP contribution in [-0.2, 0) is 13.0 Å². The first-order valence-electron chi connectivity index (χ1n) is 5.37. The molecule has 3 nitrogen and oxygen atoms in total. The maximum Gasteiger partial charge on any atom is 0.0791 e. The standard InChI is InChI=1S/C12H12BrN3/c13-10-3-1-2-4-11(10)16-12-8-14-6-5-9(12)7-15-16/h1-4,7,14H,5-6,8H2. The molecule has 82 valence electrons. The maximum absolute atomic E-state index is 4.48. The molecule has 1 aromatic heterocycles. The third kappa shape index (κ3) is 1.58. The lowest BCUT2D eigenvalue weighted by Gasteiger charge is -2.15. The first-order valence-corrected chi connectivity index (χ1v) is 6.17. The van der Waals surface area contributed by atoms with Crippen LogP contribution in [0.2, 0.25) is 0 Å². The van der Waals surface area contributed by atoms with E-state index in [-0.39, 0.29) is 0 Å². The molecule has 0 bridgehead atoms. The van der Waals surface area contributed by atoms with E-state index in [2.05, 4.69) is 32.4 Å². The van der Waals surface area contributed by atoms with Crippen LogP contribution in [0, 0.1) is 0 Å². The minimum atomic E-state index is 0.899. The SMILES string of the molecule is Brc1ccccc1-n1ncc2c1CNCC2. The second kappa shape index (κ2) is 4.03. The smallest absolute Gasteiger partial charge is 0.0791 e. The zero-order chi connectivity index (χ0) is 11.0. The van der Waals surface area contributed by atoms with Gasteiger partial charge in [0.05, 0.1) is 17.6 Å². The predicted octanol–water partition coefficient (Wildman–Crippen LogP) is 2.28. The average Bonchev–Trinajstić information content (AvgIpc) is 2.74. The lowest BCUT2D eigenvalue weighted by atomic mass is 10.1. The van der Waals surface area contributed by atoms with Crippen molar-refractivity contribution in [3.05, 3.63) is 46.2 Å². The van der Waals surface area contributed by atoms with E-state index in [1.54, 1.807) is 0 Å². The average molecular weight is 278 g/mol. The highest BCUT2D eigenvalue weighted by molar-refractivity contribution is 9.10. The molecule has 16 heavy (non-hydrogen) atoms. The summed E-state index contributed by atoms with van der Waals surface area (Å²) >= 11 is 3.56. The topological polar surface area (TPSA) is 29.9 Å². The van der Waals surface area contributed by atoms with Crippen molar-refractivity contribution in [1.29, 1.82) is 0 Å². The second-order valence-electron chi connectivity index (χ2n) is 3.91. The van der Waals surface area contributed by atoms with Crippen LogP contribution in [0.15, 0.2) is 34.9 Å². The Labute approximate surface area is 103 Å². The van der Waals surface area contributed by atoms with E-state index in [0.717, 1.165) is 29.7 Å². The predicted molar refractivity (Wildman–Crippen MR) is 66.7 cm³/mol. The van der Waals surface area contributed by atoms with Gasteiger partial charge in [-0.25, -0.2) is 4.68 Å². The molecule has 0 radical (unpaired) electrons. The number of halogens is 1. The van der Waals surface area contributed by atoms with Gasteiger partial charge in [-0.1, -0.05) is 12.1 Å². The van der Waals surface area contributed by atoms with E-state index >= 15 is 0 Å².